The summed E-state index contributed by atoms with van der Waals surface area (Å²) in [5.74, 6) is 0.626. The van der Waals surface area contributed by atoms with E-state index in [2.05, 4.69) is 20.5 Å². The van der Waals surface area contributed by atoms with Gasteiger partial charge in [-0.2, -0.15) is 0 Å². The largest absolute Gasteiger partial charge is 0.384 e. The number of aliphatic imine (C=N–C) groups is 1. The fourth-order valence-corrected chi connectivity index (χ4v) is 3.57. The molecule has 170 valence electrons. The molecule has 1 aromatic carbocycles. The molecule has 0 bridgehead atoms. The van der Waals surface area contributed by atoms with Gasteiger partial charge in [0.25, 0.3) is 0 Å². The van der Waals surface area contributed by atoms with Crippen molar-refractivity contribution in [3.05, 3.63) is 35.9 Å². The van der Waals surface area contributed by atoms with Crippen LogP contribution in [0.2, 0.25) is 0 Å². The fraction of sp³-hybridized carbons (Fsp3) is 0.636. The Bertz CT molecular complexity index is 646. The quantitative estimate of drug-likeness (QED) is 0.160. The van der Waals surface area contributed by atoms with E-state index in [0.717, 1.165) is 69.9 Å². The smallest absolute Gasteiger partial charge is 0.220 e. The molecule has 1 heterocycles. The van der Waals surface area contributed by atoms with Crippen LogP contribution in [0.1, 0.15) is 45.1 Å². The lowest BCUT2D eigenvalue weighted by atomic mass is 9.96. The second-order valence-electron chi connectivity index (χ2n) is 7.99. The zero-order chi connectivity index (χ0) is 21.1. The number of piperidine rings is 1. The van der Waals surface area contributed by atoms with Crippen LogP contribution in [0, 0.1) is 5.92 Å². The van der Waals surface area contributed by atoms with Crippen LogP contribution in [-0.2, 0) is 10.4 Å². The number of guanidine groups is 1. The van der Waals surface area contributed by atoms with E-state index in [-0.39, 0.29) is 35.8 Å². The van der Waals surface area contributed by atoms with E-state index >= 15 is 0 Å². The number of benzene rings is 1. The number of nitrogens with one attached hydrogen (secondary N) is 2. The van der Waals surface area contributed by atoms with E-state index in [1.807, 2.05) is 37.3 Å². The van der Waals surface area contributed by atoms with Gasteiger partial charge in [0.1, 0.15) is 5.60 Å². The molecule has 1 unspecified atom stereocenters. The molecule has 0 saturated carbocycles. The molecule has 1 aromatic rings. The molecule has 5 N–H and O–H groups in total. The Kier molecular flexibility index (Phi) is 12.3. The molecule has 2 rings (SSSR count). The predicted octanol–water partition coefficient (Wildman–Crippen LogP) is 2.04. The summed E-state index contributed by atoms with van der Waals surface area (Å²) in [6.45, 7) is 8.67. The van der Waals surface area contributed by atoms with E-state index in [9.17, 15) is 9.90 Å². The van der Waals surface area contributed by atoms with E-state index < -0.39 is 5.60 Å². The van der Waals surface area contributed by atoms with Crippen molar-refractivity contribution in [2.75, 3.05) is 39.3 Å². The van der Waals surface area contributed by atoms with Gasteiger partial charge in [-0.1, -0.05) is 30.3 Å². The number of halogens is 1. The molecule has 0 radical (unpaired) electrons. The topological polar surface area (TPSA) is 103 Å². The summed E-state index contributed by atoms with van der Waals surface area (Å²) >= 11 is 0. The number of nitrogens with zero attached hydrogens (tertiary/aromatic N) is 2. The summed E-state index contributed by atoms with van der Waals surface area (Å²) in [6, 6.07) is 9.62. The van der Waals surface area contributed by atoms with E-state index in [1.54, 1.807) is 6.92 Å². The van der Waals surface area contributed by atoms with Gasteiger partial charge in [0, 0.05) is 19.0 Å². The van der Waals surface area contributed by atoms with Crippen LogP contribution in [0.4, 0.5) is 0 Å². The first-order valence-corrected chi connectivity index (χ1v) is 10.7. The highest BCUT2D eigenvalue weighted by molar-refractivity contribution is 14.0. The Hall–Kier alpha value is -1.39. The van der Waals surface area contributed by atoms with Gasteiger partial charge in [-0.3, -0.25) is 4.79 Å². The Morgan fingerprint density at radius 1 is 1.23 bits per heavy atom. The van der Waals surface area contributed by atoms with Crippen molar-refractivity contribution < 1.29 is 9.90 Å². The second kappa shape index (κ2) is 13.8. The molecule has 1 atom stereocenters. The highest BCUT2D eigenvalue weighted by Gasteiger charge is 2.23. The van der Waals surface area contributed by atoms with Gasteiger partial charge in [0.05, 0.1) is 6.54 Å². The number of aliphatic hydroxyl groups is 1. The molecule has 8 heteroatoms. The predicted molar refractivity (Wildman–Crippen MR) is 133 cm³/mol. The molecule has 0 aromatic heterocycles. The number of hydrogen-bond acceptors (Lipinski definition) is 4. The van der Waals surface area contributed by atoms with Crippen LogP contribution >= 0.6 is 24.0 Å². The van der Waals surface area contributed by atoms with Crippen molar-refractivity contribution in [1.29, 1.82) is 0 Å². The number of unbranched alkanes of at least 4 members (excludes halogenated alkanes) is 1. The Morgan fingerprint density at radius 3 is 2.50 bits per heavy atom. The van der Waals surface area contributed by atoms with Gasteiger partial charge in [-0.25, -0.2) is 4.99 Å². The number of rotatable bonds is 10. The van der Waals surface area contributed by atoms with Crippen LogP contribution in [0.3, 0.4) is 0 Å². The molecule has 7 nitrogen and oxygen atoms in total. The molecule has 0 aliphatic carbocycles. The maximum absolute atomic E-state index is 11.2. The summed E-state index contributed by atoms with van der Waals surface area (Å²) in [6.07, 6.45) is 3.89. The Morgan fingerprint density at radius 2 is 1.90 bits per heavy atom. The molecular weight excluding hydrogens is 493 g/mol. The first-order chi connectivity index (χ1) is 13.9. The van der Waals surface area contributed by atoms with Crippen molar-refractivity contribution in [3.8, 4) is 0 Å². The number of carbonyl (C=O) groups excluding carboxylic acids is 1. The number of likely N-dealkylation sites (tertiary alicyclic amines) is 1. The maximum Gasteiger partial charge on any atom is 0.220 e. The number of nitrogens with two attached hydrogens (primary N) is 1. The van der Waals surface area contributed by atoms with Gasteiger partial charge in [0.2, 0.25) is 5.91 Å². The van der Waals surface area contributed by atoms with Gasteiger partial charge in [0.15, 0.2) is 5.96 Å². The van der Waals surface area contributed by atoms with Crippen LogP contribution in [-0.4, -0.2) is 61.1 Å². The average molecular weight is 531 g/mol. The summed E-state index contributed by atoms with van der Waals surface area (Å²) in [5, 5.41) is 17.3. The monoisotopic (exact) mass is 531 g/mol. The fourth-order valence-electron chi connectivity index (χ4n) is 3.57. The molecule has 1 aliphatic rings. The summed E-state index contributed by atoms with van der Waals surface area (Å²) in [4.78, 5) is 18.2. The van der Waals surface area contributed by atoms with E-state index in [1.165, 1.54) is 0 Å². The lowest BCUT2D eigenvalue weighted by Gasteiger charge is -2.30. The third kappa shape index (κ3) is 9.18. The van der Waals surface area contributed by atoms with Crippen LogP contribution in [0.25, 0.3) is 0 Å². The zero-order valence-corrected chi connectivity index (χ0v) is 20.6. The van der Waals surface area contributed by atoms with Gasteiger partial charge in [-0.05, 0) is 64.7 Å². The van der Waals surface area contributed by atoms with Crippen LogP contribution in [0.15, 0.2) is 35.3 Å². The third-order valence-corrected chi connectivity index (χ3v) is 5.47. The molecular formula is C22H38IN5O2. The first kappa shape index (κ1) is 26.6. The molecule has 1 amide bonds. The minimum absolute atomic E-state index is 0. The lowest BCUT2D eigenvalue weighted by Crippen LogP contribution is -2.40. The average Bonchev–Trinajstić information content (AvgIpc) is 2.72. The van der Waals surface area contributed by atoms with Crippen LogP contribution < -0.4 is 16.4 Å². The van der Waals surface area contributed by atoms with Gasteiger partial charge >= 0.3 is 0 Å². The van der Waals surface area contributed by atoms with Crippen molar-refractivity contribution in [2.45, 2.75) is 45.1 Å². The van der Waals surface area contributed by atoms with Crippen molar-refractivity contribution >= 4 is 35.8 Å². The van der Waals surface area contributed by atoms with E-state index in [4.69, 9.17) is 5.73 Å². The normalized spacial score (nSPS) is 17.6. The lowest BCUT2D eigenvalue weighted by molar-refractivity contribution is -0.123. The SMILES string of the molecule is CCNC(=NCC(C)(O)c1ccccc1)NCCCCN1CCC(C(N)=O)CC1.I. The Labute approximate surface area is 197 Å². The molecule has 1 saturated heterocycles. The van der Waals surface area contributed by atoms with Crippen molar-refractivity contribution in [3.63, 3.8) is 0 Å². The summed E-state index contributed by atoms with van der Waals surface area (Å²) < 4.78 is 0. The molecule has 1 fully saturated rings. The first-order valence-electron chi connectivity index (χ1n) is 10.7. The van der Waals surface area contributed by atoms with E-state index in [0.29, 0.717) is 6.54 Å². The zero-order valence-electron chi connectivity index (χ0n) is 18.3. The Balaban J connectivity index is 0.00000450. The number of primary amides is 1. The minimum atomic E-state index is -0.999. The van der Waals surface area contributed by atoms with Crippen molar-refractivity contribution in [2.24, 2.45) is 16.6 Å². The van der Waals surface area contributed by atoms with Gasteiger partial charge < -0.3 is 26.4 Å². The minimum Gasteiger partial charge on any atom is -0.384 e. The number of amides is 1. The number of hydrogen-bond donors (Lipinski definition) is 4. The summed E-state index contributed by atoms with van der Waals surface area (Å²) in [7, 11) is 0. The van der Waals surface area contributed by atoms with Crippen LogP contribution in [0.5, 0.6) is 0 Å². The maximum atomic E-state index is 11.2. The van der Waals surface area contributed by atoms with Gasteiger partial charge in [-0.15, -0.1) is 24.0 Å². The summed E-state index contributed by atoms with van der Waals surface area (Å²) in [5.41, 5.74) is 5.25. The highest BCUT2D eigenvalue weighted by Crippen LogP contribution is 2.20. The molecule has 1 aliphatic heterocycles. The highest BCUT2D eigenvalue weighted by atomic mass is 127. The second-order valence-corrected chi connectivity index (χ2v) is 7.99. The molecule has 0 spiro atoms. The number of carbonyl (C=O) groups is 1. The van der Waals surface area contributed by atoms with Crippen molar-refractivity contribution in [1.82, 2.24) is 15.5 Å². The third-order valence-electron chi connectivity index (χ3n) is 5.47. The standard InChI is InChI=1S/C22H37N5O2.HI/c1-3-24-21(26-17-22(2,29)19-9-5-4-6-10-19)25-13-7-8-14-27-15-11-18(12-16-27)20(23)28;/h4-6,9-10,18,29H,3,7-8,11-17H2,1-2H3,(H2,23,28)(H2,24,25,26);1H. The molecule has 30 heavy (non-hydrogen) atoms.